The molecule has 3 aliphatic rings. The Balaban J connectivity index is 1.92. The van der Waals surface area contributed by atoms with E-state index in [0.29, 0.717) is 35.7 Å². The molecule has 186 valence electrons. The van der Waals surface area contributed by atoms with E-state index in [0.717, 1.165) is 0 Å². The Bertz CT molecular complexity index is 1010. The zero-order chi connectivity index (χ0) is 24.8. The van der Waals surface area contributed by atoms with Crippen LogP contribution in [0.1, 0.15) is 50.5 Å². The van der Waals surface area contributed by atoms with Crippen molar-refractivity contribution in [3.8, 4) is 17.2 Å². The molecule has 2 heterocycles. The summed E-state index contributed by atoms with van der Waals surface area (Å²) in [6.45, 7) is 9.42. The highest BCUT2D eigenvalue weighted by molar-refractivity contribution is 6.04. The number of rotatable bonds is 6. The first kappa shape index (κ1) is 24.3. The van der Waals surface area contributed by atoms with E-state index in [1.165, 1.54) is 14.0 Å². The molecule has 1 aromatic carbocycles. The second-order valence-electron chi connectivity index (χ2n) is 8.75. The van der Waals surface area contributed by atoms with E-state index in [1.54, 1.807) is 30.9 Å². The minimum absolute atomic E-state index is 0.0262. The van der Waals surface area contributed by atoms with Gasteiger partial charge >= 0.3 is 5.97 Å². The number of benzene rings is 1. The van der Waals surface area contributed by atoms with Gasteiger partial charge in [-0.15, -0.1) is 0 Å². The summed E-state index contributed by atoms with van der Waals surface area (Å²) in [6, 6.07) is 1.64. The van der Waals surface area contributed by atoms with E-state index < -0.39 is 36.2 Å². The molecule has 10 heteroatoms. The van der Waals surface area contributed by atoms with E-state index in [-0.39, 0.29) is 24.0 Å². The van der Waals surface area contributed by atoms with Crippen molar-refractivity contribution in [2.45, 2.75) is 64.8 Å². The van der Waals surface area contributed by atoms with Crippen LogP contribution < -0.4 is 14.2 Å². The van der Waals surface area contributed by atoms with Crippen molar-refractivity contribution in [2.24, 2.45) is 0 Å². The maximum atomic E-state index is 13.6. The van der Waals surface area contributed by atoms with E-state index >= 15 is 0 Å². The Hall–Kier alpha value is -2.82. The third-order valence-corrected chi connectivity index (χ3v) is 6.16. The predicted octanol–water partition coefficient (Wildman–Crippen LogP) is 2.12. The van der Waals surface area contributed by atoms with Crippen molar-refractivity contribution >= 4 is 17.4 Å². The Morgan fingerprint density at radius 3 is 2.47 bits per heavy atom. The van der Waals surface area contributed by atoms with E-state index in [9.17, 15) is 14.7 Å². The number of ether oxygens (including phenoxy) is 6. The Labute approximate surface area is 198 Å². The number of nitrogens with zero attached hydrogens (tertiary/aromatic N) is 1. The summed E-state index contributed by atoms with van der Waals surface area (Å²) >= 11 is 0. The molecule has 0 aromatic heterocycles. The molecule has 1 N–H and O–H groups in total. The lowest BCUT2D eigenvalue weighted by Crippen LogP contribution is -2.47. The summed E-state index contributed by atoms with van der Waals surface area (Å²) in [4.78, 5) is 27.1. The Kier molecular flexibility index (Phi) is 6.50. The fourth-order valence-corrected chi connectivity index (χ4v) is 4.72. The lowest BCUT2D eigenvalue weighted by molar-refractivity contribution is -0.165. The molecule has 0 radical (unpaired) electrons. The molecule has 2 aliphatic heterocycles. The number of esters is 1. The first-order valence-electron chi connectivity index (χ1n) is 11.3. The quantitative estimate of drug-likeness (QED) is 0.616. The van der Waals surface area contributed by atoms with Crippen LogP contribution in [0.3, 0.4) is 0 Å². The summed E-state index contributed by atoms with van der Waals surface area (Å²) in [6.07, 6.45) is -1.95. The number of hydrogen-bond acceptors (Lipinski definition) is 9. The number of methoxy groups -OCH3 is 1. The molecular weight excluding hydrogens is 446 g/mol. The summed E-state index contributed by atoms with van der Waals surface area (Å²) in [5.41, 5.74) is 0.953. The molecule has 1 saturated heterocycles. The fourth-order valence-electron chi connectivity index (χ4n) is 4.72. The van der Waals surface area contributed by atoms with Gasteiger partial charge < -0.3 is 38.4 Å². The predicted molar refractivity (Wildman–Crippen MR) is 120 cm³/mol. The maximum Gasteiger partial charge on any atom is 0.303 e. The first-order valence-corrected chi connectivity index (χ1v) is 11.3. The van der Waals surface area contributed by atoms with Gasteiger partial charge in [0.05, 0.1) is 12.7 Å². The third-order valence-electron chi connectivity index (χ3n) is 6.16. The normalized spacial score (nSPS) is 26.5. The van der Waals surface area contributed by atoms with Crippen molar-refractivity contribution < 1.29 is 43.1 Å². The molecule has 1 fully saturated rings. The van der Waals surface area contributed by atoms with Gasteiger partial charge in [-0.1, -0.05) is 0 Å². The van der Waals surface area contributed by atoms with Gasteiger partial charge in [-0.25, -0.2) is 0 Å². The van der Waals surface area contributed by atoms with Gasteiger partial charge in [-0.05, 0) is 45.4 Å². The average Bonchev–Trinajstić information content (AvgIpc) is 3.38. The third kappa shape index (κ3) is 4.10. The first-order chi connectivity index (χ1) is 16.1. The molecule has 1 aromatic rings. The minimum Gasteiger partial charge on any atom is -0.492 e. The zero-order valence-electron chi connectivity index (χ0n) is 20.2. The number of carbonyl (C=O) groups excluding carboxylic acids is 2. The van der Waals surface area contributed by atoms with Crippen molar-refractivity contribution in [3.05, 3.63) is 23.3 Å². The van der Waals surface area contributed by atoms with Crippen LogP contribution in [-0.4, -0.2) is 79.1 Å². The van der Waals surface area contributed by atoms with Crippen LogP contribution in [0.4, 0.5) is 0 Å². The van der Waals surface area contributed by atoms with Crippen molar-refractivity contribution in [3.63, 3.8) is 0 Å². The number of amides is 1. The molecule has 10 nitrogen and oxygen atoms in total. The molecule has 4 atom stereocenters. The number of carbonyl (C=O) groups is 2. The zero-order valence-corrected chi connectivity index (χ0v) is 20.2. The van der Waals surface area contributed by atoms with Gasteiger partial charge in [0.15, 0.2) is 17.3 Å². The number of fused-ring (bicyclic) bond motifs is 2. The second kappa shape index (κ2) is 9.09. The number of hydrogen-bond donors (Lipinski definition) is 1. The van der Waals surface area contributed by atoms with Gasteiger partial charge in [-0.3, -0.25) is 9.59 Å². The van der Waals surface area contributed by atoms with Gasteiger partial charge in [0, 0.05) is 25.6 Å². The highest BCUT2D eigenvalue weighted by Gasteiger charge is 2.53. The highest BCUT2D eigenvalue weighted by Crippen LogP contribution is 2.49. The van der Waals surface area contributed by atoms with Gasteiger partial charge in [-0.2, -0.15) is 0 Å². The molecule has 34 heavy (non-hydrogen) atoms. The molecule has 1 aliphatic carbocycles. The van der Waals surface area contributed by atoms with E-state index in [2.05, 4.69) is 0 Å². The lowest BCUT2D eigenvalue weighted by atomic mass is 9.83. The standard InChI is InChI=1S/C24H31NO9/c1-7-25(8-2)23(28)17-13(9-15-19(21(17)29-6)31-11-30-15)14-10-16(32-12(3)26)20-22(18(14)27)34-24(4,5)33-20/h9-10,16,18,20,22,27H,7-8,11H2,1-6H3/t16-,18-,20+,22-/m0/s1. The monoisotopic (exact) mass is 477 g/mol. The van der Waals surface area contributed by atoms with E-state index in [4.69, 9.17) is 28.4 Å². The average molecular weight is 478 g/mol. The van der Waals surface area contributed by atoms with Crippen molar-refractivity contribution in [1.29, 1.82) is 0 Å². The van der Waals surface area contributed by atoms with Crippen LogP contribution >= 0.6 is 0 Å². The molecule has 0 spiro atoms. The maximum absolute atomic E-state index is 13.6. The molecule has 0 saturated carbocycles. The van der Waals surface area contributed by atoms with Gasteiger partial charge in [0.2, 0.25) is 12.5 Å². The van der Waals surface area contributed by atoms with Gasteiger partial charge in [0.25, 0.3) is 5.91 Å². The van der Waals surface area contributed by atoms with Crippen LogP contribution in [-0.2, 0) is 19.0 Å². The minimum atomic E-state index is -1.17. The molecule has 4 rings (SSSR count). The van der Waals surface area contributed by atoms with Crippen LogP contribution in [0.25, 0.3) is 5.57 Å². The van der Waals surface area contributed by atoms with E-state index in [1.807, 2.05) is 13.8 Å². The smallest absolute Gasteiger partial charge is 0.303 e. The summed E-state index contributed by atoms with van der Waals surface area (Å²) in [5.74, 6) is -0.880. The Morgan fingerprint density at radius 2 is 1.85 bits per heavy atom. The molecule has 0 bridgehead atoms. The van der Waals surface area contributed by atoms with Crippen LogP contribution in [0, 0.1) is 0 Å². The SMILES string of the molecule is CCN(CC)C(=O)c1c(C2=C[C@H](OC(C)=O)[C@H]3OC(C)(C)O[C@H]3[C@H]2O)cc2c(c1OC)OCO2. The van der Waals surface area contributed by atoms with Crippen molar-refractivity contribution in [2.75, 3.05) is 27.0 Å². The van der Waals surface area contributed by atoms with Crippen molar-refractivity contribution in [1.82, 2.24) is 4.90 Å². The topological polar surface area (TPSA) is 113 Å². The summed E-state index contributed by atoms with van der Waals surface area (Å²) in [5, 5.41) is 11.4. The summed E-state index contributed by atoms with van der Waals surface area (Å²) < 4.78 is 34.2. The van der Waals surface area contributed by atoms with Crippen LogP contribution in [0.2, 0.25) is 0 Å². The largest absolute Gasteiger partial charge is 0.492 e. The summed E-state index contributed by atoms with van der Waals surface area (Å²) in [7, 11) is 1.44. The fraction of sp³-hybridized carbons (Fsp3) is 0.583. The second-order valence-corrected chi connectivity index (χ2v) is 8.75. The van der Waals surface area contributed by atoms with Gasteiger partial charge in [0.1, 0.15) is 24.4 Å². The number of aliphatic hydroxyl groups excluding tert-OH is 1. The lowest BCUT2D eigenvalue weighted by Gasteiger charge is -2.34. The molecular formula is C24H31NO9. The Morgan fingerprint density at radius 1 is 1.18 bits per heavy atom. The molecule has 1 amide bonds. The number of aliphatic hydroxyl groups is 1. The molecule has 0 unspecified atom stereocenters. The van der Waals surface area contributed by atoms with Crippen LogP contribution in [0.5, 0.6) is 17.2 Å². The highest BCUT2D eigenvalue weighted by atomic mass is 16.8. The van der Waals surface area contributed by atoms with Crippen LogP contribution in [0.15, 0.2) is 12.1 Å².